The van der Waals surface area contributed by atoms with Crippen molar-refractivity contribution in [3.8, 4) is 0 Å². The Kier molecular flexibility index (Phi) is 4.20. The normalized spacial score (nSPS) is 9.12. The second kappa shape index (κ2) is 4.55. The first kappa shape index (κ1) is 7.39. The first-order chi connectivity index (χ1) is 3.77. The molecule has 0 rings (SSSR count). The van der Waals surface area contributed by atoms with Crippen molar-refractivity contribution in [1.29, 1.82) is 0 Å². The summed E-state index contributed by atoms with van der Waals surface area (Å²) in [5.74, 6) is -0.349. The van der Waals surface area contributed by atoms with E-state index in [1.54, 1.807) is 0 Å². The molecule has 0 atom stereocenters. The lowest BCUT2D eigenvalue weighted by molar-refractivity contribution is -0.117. The van der Waals surface area contributed by atoms with Gasteiger partial charge in [-0.3, -0.25) is 4.79 Å². The molecule has 0 aliphatic heterocycles. The maximum Gasteiger partial charge on any atom is 0.231 e. The summed E-state index contributed by atoms with van der Waals surface area (Å²) in [5, 5.41) is 2.73. The molecule has 0 aliphatic carbocycles. The number of primary amides is 1. The molecule has 0 unspecified atom stereocenters. The van der Waals surface area contributed by atoms with Gasteiger partial charge < -0.3 is 16.8 Å². The van der Waals surface area contributed by atoms with Crippen LogP contribution in [0.15, 0.2) is 0 Å². The number of carbonyl (C=O) groups excluding carboxylic acids is 1. The molecule has 0 radical (unpaired) electrons. The molecule has 4 nitrogen and oxygen atoms in total. The van der Waals surface area contributed by atoms with Gasteiger partial charge in [0.1, 0.15) is 0 Å². The van der Waals surface area contributed by atoms with Crippen LogP contribution >= 0.6 is 0 Å². The van der Waals surface area contributed by atoms with Crippen LogP contribution in [0.3, 0.4) is 0 Å². The number of rotatable bonds is 4. The lowest BCUT2D eigenvalue weighted by atomic mass is 10.5. The van der Waals surface area contributed by atoms with Gasteiger partial charge in [-0.2, -0.15) is 0 Å². The highest BCUT2D eigenvalue weighted by Gasteiger charge is 1.88. The van der Waals surface area contributed by atoms with E-state index in [-0.39, 0.29) is 12.5 Å². The summed E-state index contributed by atoms with van der Waals surface area (Å²) in [6.07, 6.45) is 0. The molecule has 0 aromatic carbocycles. The van der Waals surface area contributed by atoms with Gasteiger partial charge in [-0.25, -0.2) is 0 Å². The highest BCUT2D eigenvalue weighted by atomic mass is 16.1. The van der Waals surface area contributed by atoms with Crippen LogP contribution in [0.5, 0.6) is 0 Å². The van der Waals surface area contributed by atoms with Crippen LogP contribution in [-0.4, -0.2) is 25.5 Å². The summed E-state index contributed by atoms with van der Waals surface area (Å²) in [6.45, 7) is 1.40. The molecule has 0 bridgehead atoms. The molecule has 0 fully saturated rings. The van der Waals surface area contributed by atoms with Gasteiger partial charge >= 0.3 is 0 Å². The van der Waals surface area contributed by atoms with E-state index in [1.807, 2.05) is 0 Å². The minimum Gasteiger partial charge on any atom is -0.369 e. The predicted molar refractivity (Wildman–Crippen MR) is 31.1 cm³/mol. The van der Waals surface area contributed by atoms with Crippen molar-refractivity contribution in [1.82, 2.24) is 5.32 Å². The Balaban J connectivity index is 2.82. The van der Waals surface area contributed by atoms with Crippen molar-refractivity contribution >= 4 is 5.91 Å². The number of nitrogens with two attached hydrogens (primary N) is 2. The van der Waals surface area contributed by atoms with Gasteiger partial charge in [0.05, 0.1) is 6.54 Å². The van der Waals surface area contributed by atoms with Crippen LogP contribution in [0.1, 0.15) is 0 Å². The first-order valence-electron chi connectivity index (χ1n) is 2.46. The fourth-order valence-electron chi connectivity index (χ4n) is 0.314. The van der Waals surface area contributed by atoms with Crippen molar-refractivity contribution in [2.45, 2.75) is 0 Å². The molecule has 0 heterocycles. The van der Waals surface area contributed by atoms with Crippen LogP contribution in [-0.2, 0) is 4.79 Å². The van der Waals surface area contributed by atoms with Crippen LogP contribution in [0, 0.1) is 0 Å². The Bertz CT molecular complexity index is 73.7. The third-order valence-corrected chi connectivity index (χ3v) is 0.620. The van der Waals surface area contributed by atoms with E-state index in [2.05, 4.69) is 5.32 Å². The van der Waals surface area contributed by atoms with E-state index in [0.717, 1.165) is 0 Å². The highest BCUT2D eigenvalue weighted by molar-refractivity contribution is 5.75. The minimum absolute atomic E-state index is 0.219. The van der Waals surface area contributed by atoms with Gasteiger partial charge in [0.25, 0.3) is 0 Å². The number of hydrogen-bond acceptors (Lipinski definition) is 3. The van der Waals surface area contributed by atoms with Gasteiger partial charge in [0, 0.05) is 13.1 Å². The second-order valence-electron chi connectivity index (χ2n) is 1.43. The molecule has 0 aromatic heterocycles. The fourth-order valence-corrected chi connectivity index (χ4v) is 0.314. The number of carbonyl (C=O) groups is 1. The van der Waals surface area contributed by atoms with Crippen LogP contribution in [0.4, 0.5) is 0 Å². The van der Waals surface area contributed by atoms with Gasteiger partial charge in [-0.15, -0.1) is 0 Å². The lowest BCUT2D eigenvalue weighted by Crippen LogP contribution is -2.31. The van der Waals surface area contributed by atoms with Crippen LogP contribution < -0.4 is 16.8 Å². The molecule has 0 spiro atoms. The van der Waals surface area contributed by atoms with Crippen molar-refractivity contribution in [3.63, 3.8) is 0 Å². The van der Waals surface area contributed by atoms with Gasteiger partial charge in [-0.05, 0) is 0 Å². The van der Waals surface area contributed by atoms with E-state index in [1.165, 1.54) is 0 Å². The van der Waals surface area contributed by atoms with Crippen LogP contribution in [0.2, 0.25) is 0 Å². The Morgan fingerprint density at radius 1 is 1.62 bits per heavy atom. The van der Waals surface area contributed by atoms with Crippen molar-refractivity contribution in [3.05, 3.63) is 0 Å². The quantitative estimate of drug-likeness (QED) is 0.373. The number of hydrogen-bond donors (Lipinski definition) is 3. The Morgan fingerprint density at radius 2 is 2.25 bits per heavy atom. The van der Waals surface area contributed by atoms with E-state index < -0.39 is 0 Å². The summed E-state index contributed by atoms with van der Waals surface area (Å²) >= 11 is 0. The largest absolute Gasteiger partial charge is 0.369 e. The van der Waals surface area contributed by atoms with Gasteiger partial charge in [-0.1, -0.05) is 0 Å². The van der Waals surface area contributed by atoms with Crippen LogP contribution in [0.25, 0.3) is 0 Å². The molecule has 0 saturated heterocycles. The summed E-state index contributed by atoms with van der Waals surface area (Å²) in [4.78, 5) is 9.99. The number of amides is 1. The molecule has 0 saturated carbocycles. The predicted octanol–water partition coefficient (Wildman–Crippen LogP) is -1.98. The zero-order chi connectivity index (χ0) is 6.41. The minimum atomic E-state index is -0.349. The molecule has 4 heteroatoms. The monoisotopic (exact) mass is 117 g/mol. The summed E-state index contributed by atoms with van der Waals surface area (Å²) in [7, 11) is 0. The standard InChI is InChI=1S/C4H11N3O/c5-1-2-7-3-4(6)8/h7H,1-3,5H2,(H2,6,8). The van der Waals surface area contributed by atoms with Gasteiger partial charge in [0.15, 0.2) is 0 Å². The van der Waals surface area contributed by atoms with E-state index in [0.29, 0.717) is 13.1 Å². The molecule has 0 aliphatic rings. The number of nitrogens with one attached hydrogen (secondary N) is 1. The lowest BCUT2D eigenvalue weighted by Gasteiger charge is -1.95. The average Bonchev–Trinajstić information content (AvgIpc) is 1.66. The topological polar surface area (TPSA) is 81.1 Å². The maximum absolute atomic E-state index is 9.99. The Morgan fingerprint density at radius 3 is 2.62 bits per heavy atom. The maximum atomic E-state index is 9.99. The zero-order valence-corrected chi connectivity index (χ0v) is 4.68. The summed E-state index contributed by atoms with van der Waals surface area (Å²) < 4.78 is 0. The Hall–Kier alpha value is -0.610. The molecule has 1 amide bonds. The Labute approximate surface area is 48.2 Å². The summed E-state index contributed by atoms with van der Waals surface area (Å²) in [5.41, 5.74) is 9.89. The smallest absolute Gasteiger partial charge is 0.231 e. The van der Waals surface area contributed by atoms with E-state index >= 15 is 0 Å². The first-order valence-corrected chi connectivity index (χ1v) is 2.46. The molecule has 5 N–H and O–H groups in total. The van der Waals surface area contributed by atoms with Crippen molar-refractivity contribution < 1.29 is 4.79 Å². The van der Waals surface area contributed by atoms with E-state index in [9.17, 15) is 4.79 Å². The van der Waals surface area contributed by atoms with Crippen molar-refractivity contribution in [2.75, 3.05) is 19.6 Å². The highest BCUT2D eigenvalue weighted by Crippen LogP contribution is 1.53. The zero-order valence-electron chi connectivity index (χ0n) is 4.68. The molecular weight excluding hydrogens is 106 g/mol. The summed E-state index contributed by atoms with van der Waals surface area (Å²) in [6, 6.07) is 0. The molecule has 0 aromatic rings. The third-order valence-electron chi connectivity index (χ3n) is 0.620. The molecule has 48 valence electrons. The average molecular weight is 117 g/mol. The van der Waals surface area contributed by atoms with Gasteiger partial charge in [0.2, 0.25) is 5.91 Å². The second-order valence-corrected chi connectivity index (χ2v) is 1.43. The van der Waals surface area contributed by atoms with Crippen molar-refractivity contribution in [2.24, 2.45) is 11.5 Å². The SMILES string of the molecule is NCCNCC(N)=O. The molecular formula is C4H11N3O. The molecule has 8 heavy (non-hydrogen) atoms. The fraction of sp³-hybridized carbons (Fsp3) is 0.750. The van der Waals surface area contributed by atoms with E-state index in [4.69, 9.17) is 11.5 Å². The third kappa shape index (κ3) is 5.39.